The molecule has 4 aromatic rings. The normalized spacial score (nSPS) is 12.5. The van der Waals surface area contributed by atoms with Gasteiger partial charge in [-0.2, -0.15) is 0 Å². The molecule has 144 valence electrons. The molecule has 0 fully saturated rings. The third kappa shape index (κ3) is 3.19. The predicted octanol–water partition coefficient (Wildman–Crippen LogP) is 4.01. The molecule has 2 N–H and O–H groups in total. The number of nitrogen functional groups attached to an aromatic ring is 1. The van der Waals surface area contributed by atoms with Crippen molar-refractivity contribution in [1.29, 1.82) is 0 Å². The van der Waals surface area contributed by atoms with Crippen LogP contribution >= 0.6 is 0 Å². The Hall–Kier alpha value is -3.35. The van der Waals surface area contributed by atoms with Crippen LogP contribution in [0.25, 0.3) is 22.2 Å². The van der Waals surface area contributed by atoms with Gasteiger partial charge in [-0.25, -0.2) is 14.8 Å². The number of benzene rings is 1. The van der Waals surface area contributed by atoms with E-state index in [0.29, 0.717) is 35.6 Å². The van der Waals surface area contributed by atoms with Crippen molar-refractivity contribution in [3.63, 3.8) is 0 Å². The van der Waals surface area contributed by atoms with Crippen LogP contribution in [0.4, 0.5) is 5.82 Å². The summed E-state index contributed by atoms with van der Waals surface area (Å²) in [6, 6.07) is 11.2. The second-order valence-electron chi connectivity index (χ2n) is 6.92. The molecule has 7 heteroatoms. The molecule has 3 aromatic heterocycles. The van der Waals surface area contributed by atoms with Crippen molar-refractivity contribution < 1.29 is 13.9 Å². The summed E-state index contributed by atoms with van der Waals surface area (Å²) in [5.41, 5.74) is 9.03. The lowest BCUT2D eigenvalue weighted by molar-refractivity contribution is 0.0450. The average molecular weight is 378 g/mol. The second kappa shape index (κ2) is 7.34. The number of rotatable bonds is 6. The van der Waals surface area contributed by atoms with E-state index < -0.39 is 5.97 Å². The maximum atomic E-state index is 12.8. The summed E-state index contributed by atoms with van der Waals surface area (Å²) < 4.78 is 12.7. The molecule has 1 aromatic carbocycles. The minimum atomic E-state index is -0.481. The molecular formula is C21H22N4O3. The van der Waals surface area contributed by atoms with E-state index in [1.807, 2.05) is 37.3 Å². The van der Waals surface area contributed by atoms with Gasteiger partial charge in [0.2, 0.25) is 0 Å². The molecule has 0 bridgehead atoms. The molecule has 0 saturated carbocycles. The highest BCUT2D eigenvalue weighted by Gasteiger charge is 2.25. The Labute approximate surface area is 162 Å². The van der Waals surface area contributed by atoms with Gasteiger partial charge in [-0.3, -0.25) is 0 Å². The van der Waals surface area contributed by atoms with E-state index in [2.05, 4.69) is 11.9 Å². The summed E-state index contributed by atoms with van der Waals surface area (Å²) in [5.74, 6) is 0.771. The fourth-order valence-electron chi connectivity index (χ4n) is 3.04. The molecule has 0 aliphatic carbocycles. The van der Waals surface area contributed by atoms with Crippen molar-refractivity contribution in [3.8, 4) is 0 Å². The Morgan fingerprint density at radius 3 is 2.64 bits per heavy atom. The van der Waals surface area contributed by atoms with Gasteiger partial charge in [0, 0.05) is 0 Å². The fourth-order valence-corrected chi connectivity index (χ4v) is 3.04. The van der Waals surface area contributed by atoms with Gasteiger partial charge in [0.15, 0.2) is 5.65 Å². The Morgan fingerprint density at radius 1 is 1.21 bits per heavy atom. The number of hydrogen-bond donors (Lipinski definition) is 1. The number of fused-ring (bicyclic) bond motifs is 2. The van der Waals surface area contributed by atoms with E-state index in [1.165, 1.54) is 0 Å². The van der Waals surface area contributed by atoms with Gasteiger partial charge in [0.1, 0.15) is 22.7 Å². The van der Waals surface area contributed by atoms with Crippen LogP contribution in [-0.4, -0.2) is 27.1 Å². The Kier molecular flexibility index (Phi) is 4.73. The van der Waals surface area contributed by atoms with Gasteiger partial charge in [-0.15, -0.1) is 0 Å². The van der Waals surface area contributed by atoms with Crippen LogP contribution in [0.3, 0.4) is 0 Å². The van der Waals surface area contributed by atoms with Crippen LogP contribution < -0.4 is 5.73 Å². The first-order chi connectivity index (χ1) is 13.6. The number of carbonyl (C=O) groups is 1. The van der Waals surface area contributed by atoms with Gasteiger partial charge >= 0.3 is 5.97 Å². The van der Waals surface area contributed by atoms with Crippen molar-refractivity contribution in [2.45, 2.75) is 26.8 Å². The second-order valence-corrected chi connectivity index (χ2v) is 6.92. The lowest BCUT2D eigenvalue weighted by Gasteiger charge is -2.09. The standard InChI is InChI=1S/C21H22N4O3/c1-3-13(2)12-28-21(26)17-18-20(24-16-9-5-4-8-15(16)23-18)25(19(17)22)11-14-7-6-10-27-14/h4-10,13H,3,11-12,22H2,1-2H3/t13-/m0/s1. The van der Waals surface area contributed by atoms with Crippen molar-refractivity contribution in [3.05, 3.63) is 54.0 Å². The molecule has 0 aliphatic rings. The predicted molar refractivity (Wildman–Crippen MR) is 107 cm³/mol. The van der Waals surface area contributed by atoms with E-state index in [-0.39, 0.29) is 17.3 Å². The number of esters is 1. The van der Waals surface area contributed by atoms with Crippen molar-refractivity contribution in [1.82, 2.24) is 14.5 Å². The van der Waals surface area contributed by atoms with Crippen molar-refractivity contribution >= 4 is 34.0 Å². The molecule has 1 atom stereocenters. The zero-order valence-corrected chi connectivity index (χ0v) is 15.9. The smallest absolute Gasteiger partial charge is 0.344 e. The highest BCUT2D eigenvalue weighted by molar-refractivity contribution is 6.08. The molecule has 0 saturated heterocycles. The molecule has 4 rings (SSSR count). The zero-order valence-electron chi connectivity index (χ0n) is 15.9. The minimum absolute atomic E-state index is 0.253. The van der Waals surface area contributed by atoms with Crippen molar-refractivity contribution in [2.75, 3.05) is 12.3 Å². The first-order valence-corrected chi connectivity index (χ1v) is 9.32. The number of anilines is 1. The first kappa shape index (κ1) is 18.0. The number of aromatic nitrogens is 3. The highest BCUT2D eigenvalue weighted by Crippen LogP contribution is 2.29. The van der Waals surface area contributed by atoms with E-state index in [1.54, 1.807) is 16.9 Å². The van der Waals surface area contributed by atoms with E-state index in [4.69, 9.17) is 19.9 Å². The fraction of sp³-hybridized carbons (Fsp3) is 0.286. The summed E-state index contributed by atoms with van der Waals surface area (Å²) in [7, 11) is 0. The maximum Gasteiger partial charge on any atom is 0.344 e. The topological polar surface area (TPSA) is 96.2 Å². The van der Waals surface area contributed by atoms with E-state index in [0.717, 1.165) is 11.9 Å². The third-order valence-electron chi connectivity index (χ3n) is 4.89. The monoisotopic (exact) mass is 378 g/mol. The number of para-hydroxylation sites is 2. The number of carbonyl (C=O) groups excluding carboxylic acids is 1. The number of nitrogens with two attached hydrogens (primary N) is 1. The van der Waals surface area contributed by atoms with Crippen LogP contribution in [0.15, 0.2) is 47.1 Å². The average Bonchev–Trinajstić information content (AvgIpc) is 3.31. The molecule has 3 heterocycles. The minimum Gasteiger partial charge on any atom is -0.467 e. The Morgan fingerprint density at radius 2 is 1.96 bits per heavy atom. The van der Waals surface area contributed by atoms with Gasteiger partial charge in [-0.05, 0) is 30.2 Å². The van der Waals surface area contributed by atoms with Crippen LogP contribution in [0.1, 0.15) is 36.4 Å². The summed E-state index contributed by atoms with van der Waals surface area (Å²) in [6.45, 7) is 4.77. The summed E-state index contributed by atoms with van der Waals surface area (Å²) in [4.78, 5) is 22.2. The summed E-state index contributed by atoms with van der Waals surface area (Å²) >= 11 is 0. The molecule has 0 unspecified atom stereocenters. The lowest BCUT2D eigenvalue weighted by atomic mass is 10.1. The SMILES string of the molecule is CC[C@H](C)COC(=O)c1c(N)n(Cc2ccco2)c2nc3ccccc3nc12. The number of hydrogen-bond acceptors (Lipinski definition) is 6. The quantitative estimate of drug-likeness (QED) is 0.509. The number of ether oxygens (including phenoxy) is 1. The molecule has 0 aliphatic heterocycles. The van der Waals surface area contributed by atoms with E-state index in [9.17, 15) is 4.79 Å². The maximum absolute atomic E-state index is 12.8. The number of nitrogens with zero attached hydrogens (tertiary/aromatic N) is 3. The first-order valence-electron chi connectivity index (χ1n) is 9.32. The summed E-state index contributed by atoms with van der Waals surface area (Å²) in [5, 5.41) is 0. The van der Waals surface area contributed by atoms with Gasteiger partial charge in [0.25, 0.3) is 0 Å². The largest absolute Gasteiger partial charge is 0.467 e. The van der Waals surface area contributed by atoms with Gasteiger partial charge in [0.05, 0.1) is 30.4 Å². The third-order valence-corrected chi connectivity index (χ3v) is 4.89. The molecular weight excluding hydrogens is 356 g/mol. The van der Waals surface area contributed by atoms with Crippen LogP contribution in [0.2, 0.25) is 0 Å². The Bertz CT molecular complexity index is 1130. The zero-order chi connectivity index (χ0) is 19.7. The van der Waals surface area contributed by atoms with E-state index >= 15 is 0 Å². The molecule has 0 amide bonds. The van der Waals surface area contributed by atoms with Crippen LogP contribution in [0, 0.1) is 5.92 Å². The van der Waals surface area contributed by atoms with Crippen LogP contribution in [0.5, 0.6) is 0 Å². The molecule has 28 heavy (non-hydrogen) atoms. The molecule has 0 radical (unpaired) electrons. The number of furan rings is 1. The lowest BCUT2D eigenvalue weighted by Crippen LogP contribution is -2.14. The Balaban J connectivity index is 1.86. The van der Waals surface area contributed by atoms with Gasteiger partial charge < -0.3 is 19.5 Å². The van der Waals surface area contributed by atoms with Crippen molar-refractivity contribution in [2.24, 2.45) is 5.92 Å². The van der Waals surface area contributed by atoms with Crippen LogP contribution in [-0.2, 0) is 11.3 Å². The van der Waals surface area contributed by atoms with Gasteiger partial charge in [-0.1, -0.05) is 32.4 Å². The summed E-state index contributed by atoms with van der Waals surface area (Å²) in [6.07, 6.45) is 2.52. The molecule has 7 nitrogen and oxygen atoms in total. The highest BCUT2D eigenvalue weighted by atomic mass is 16.5. The molecule has 0 spiro atoms.